The number of rotatable bonds is 5. The van der Waals surface area contributed by atoms with Crippen molar-refractivity contribution in [1.82, 2.24) is 19.6 Å². The summed E-state index contributed by atoms with van der Waals surface area (Å²) >= 11 is 0. The van der Waals surface area contributed by atoms with Crippen molar-refractivity contribution < 1.29 is 14.3 Å². The summed E-state index contributed by atoms with van der Waals surface area (Å²) in [5, 5.41) is 4.09. The molecule has 26 heavy (non-hydrogen) atoms. The van der Waals surface area contributed by atoms with E-state index in [1.165, 1.54) is 6.42 Å². The van der Waals surface area contributed by atoms with Crippen molar-refractivity contribution in [3.05, 3.63) is 12.4 Å². The molecule has 0 spiro atoms. The standard InChI is InChI=1S/C19H28N4O3/c1-3-17(23-7-6-14-8-13(14)4-5-18(23)24)19(25)22-11-16(12-22)26-15-9-20-21(2)10-15/h9-10,13-14,16-17H,3-8,11-12H2,1-2H3/t13?,14?,17-/m0/s1. The average Bonchev–Trinajstić information content (AvgIpc) is 3.19. The number of amides is 2. The molecule has 2 amide bonds. The molecule has 0 bridgehead atoms. The third-order valence-electron chi connectivity index (χ3n) is 6.05. The lowest BCUT2D eigenvalue weighted by molar-refractivity contribution is -0.152. The molecule has 4 rings (SSSR count). The molecule has 3 aliphatic rings. The highest BCUT2D eigenvalue weighted by Crippen LogP contribution is 2.45. The Bertz CT molecular complexity index is 682. The topological polar surface area (TPSA) is 67.7 Å². The summed E-state index contributed by atoms with van der Waals surface area (Å²) in [4.78, 5) is 29.2. The number of ether oxygens (including phenoxy) is 1. The van der Waals surface area contributed by atoms with Crippen LogP contribution in [0.1, 0.15) is 39.0 Å². The Kier molecular flexibility index (Phi) is 4.63. The van der Waals surface area contributed by atoms with Crippen molar-refractivity contribution in [1.29, 1.82) is 0 Å². The molecule has 0 radical (unpaired) electrons. The molecule has 0 aromatic carbocycles. The van der Waals surface area contributed by atoms with Crippen LogP contribution in [-0.2, 0) is 16.6 Å². The molecule has 0 N–H and O–H groups in total. The quantitative estimate of drug-likeness (QED) is 0.797. The van der Waals surface area contributed by atoms with Gasteiger partial charge in [-0.15, -0.1) is 0 Å². The van der Waals surface area contributed by atoms with Gasteiger partial charge in [-0.05, 0) is 37.5 Å². The Morgan fingerprint density at radius 1 is 1.35 bits per heavy atom. The van der Waals surface area contributed by atoms with Crippen LogP contribution in [-0.4, -0.2) is 63.2 Å². The maximum Gasteiger partial charge on any atom is 0.245 e. The zero-order chi connectivity index (χ0) is 18.3. The summed E-state index contributed by atoms with van der Waals surface area (Å²) < 4.78 is 7.53. The minimum absolute atomic E-state index is 0.0101. The van der Waals surface area contributed by atoms with Crippen LogP contribution in [0.3, 0.4) is 0 Å². The molecule has 142 valence electrons. The van der Waals surface area contributed by atoms with Gasteiger partial charge in [0.1, 0.15) is 12.1 Å². The van der Waals surface area contributed by atoms with Gasteiger partial charge in [0.05, 0.1) is 25.5 Å². The van der Waals surface area contributed by atoms with Crippen molar-refractivity contribution in [3.63, 3.8) is 0 Å². The predicted octanol–water partition coefficient (Wildman–Crippen LogP) is 1.44. The van der Waals surface area contributed by atoms with Gasteiger partial charge in [0.15, 0.2) is 5.75 Å². The van der Waals surface area contributed by atoms with Crippen LogP contribution in [0.15, 0.2) is 12.4 Å². The van der Waals surface area contributed by atoms with Crippen LogP contribution in [0.25, 0.3) is 0 Å². The van der Waals surface area contributed by atoms with Crippen LogP contribution >= 0.6 is 0 Å². The second-order valence-corrected chi connectivity index (χ2v) is 7.93. The highest BCUT2D eigenvalue weighted by atomic mass is 16.5. The van der Waals surface area contributed by atoms with Crippen LogP contribution in [0, 0.1) is 11.8 Å². The molecule has 7 heteroatoms. The highest BCUT2D eigenvalue weighted by Gasteiger charge is 2.43. The van der Waals surface area contributed by atoms with Gasteiger partial charge in [-0.1, -0.05) is 6.92 Å². The Balaban J connectivity index is 1.33. The van der Waals surface area contributed by atoms with E-state index in [-0.39, 0.29) is 24.0 Å². The van der Waals surface area contributed by atoms with E-state index in [2.05, 4.69) is 5.10 Å². The van der Waals surface area contributed by atoms with Gasteiger partial charge < -0.3 is 14.5 Å². The van der Waals surface area contributed by atoms with E-state index in [0.717, 1.165) is 37.0 Å². The van der Waals surface area contributed by atoms with Crippen LogP contribution < -0.4 is 4.74 Å². The minimum Gasteiger partial charge on any atom is -0.483 e. The van der Waals surface area contributed by atoms with E-state index >= 15 is 0 Å². The van der Waals surface area contributed by atoms with Crippen LogP contribution in [0.4, 0.5) is 0 Å². The molecule has 1 saturated carbocycles. The molecule has 2 aliphatic heterocycles. The number of fused-ring (bicyclic) bond motifs is 1. The summed E-state index contributed by atoms with van der Waals surface area (Å²) in [5.74, 6) is 2.49. The highest BCUT2D eigenvalue weighted by molar-refractivity contribution is 5.88. The second-order valence-electron chi connectivity index (χ2n) is 7.93. The normalized spacial score (nSPS) is 27.2. The maximum atomic E-state index is 13.0. The molecular weight excluding hydrogens is 332 g/mol. The van der Waals surface area contributed by atoms with Gasteiger partial charge >= 0.3 is 0 Å². The first-order chi connectivity index (χ1) is 12.5. The third kappa shape index (κ3) is 3.44. The zero-order valence-electron chi connectivity index (χ0n) is 15.6. The third-order valence-corrected chi connectivity index (χ3v) is 6.05. The lowest BCUT2D eigenvalue weighted by Crippen LogP contribution is -2.61. The molecule has 3 heterocycles. The maximum absolute atomic E-state index is 13.0. The van der Waals surface area contributed by atoms with Crippen LogP contribution in [0.5, 0.6) is 5.75 Å². The van der Waals surface area contributed by atoms with Gasteiger partial charge in [-0.2, -0.15) is 5.10 Å². The smallest absolute Gasteiger partial charge is 0.245 e. The Labute approximate surface area is 154 Å². The Morgan fingerprint density at radius 2 is 2.12 bits per heavy atom. The number of carbonyl (C=O) groups is 2. The zero-order valence-corrected chi connectivity index (χ0v) is 15.6. The molecule has 3 fully saturated rings. The lowest BCUT2D eigenvalue weighted by atomic mass is 10.0. The Hall–Kier alpha value is -2.05. The first kappa shape index (κ1) is 17.4. The number of likely N-dealkylation sites (tertiary alicyclic amines) is 2. The second kappa shape index (κ2) is 6.93. The summed E-state index contributed by atoms with van der Waals surface area (Å²) in [5.41, 5.74) is 0. The monoisotopic (exact) mass is 360 g/mol. The number of aromatic nitrogens is 2. The first-order valence-corrected chi connectivity index (χ1v) is 9.78. The summed E-state index contributed by atoms with van der Waals surface area (Å²) in [6, 6.07) is -0.322. The molecule has 1 aromatic heterocycles. The van der Waals surface area contributed by atoms with Crippen molar-refractivity contribution in [3.8, 4) is 5.75 Å². The number of carbonyl (C=O) groups excluding carboxylic acids is 2. The van der Waals surface area contributed by atoms with Crippen LogP contribution in [0.2, 0.25) is 0 Å². The average molecular weight is 360 g/mol. The molecular formula is C19H28N4O3. The lowest BCUT2D eigenvalue weighted by Gasteiger charge is -2.42. The first-order valence-electron chi connectivity index (χ1n) is 9.78. The van der Waals surface area contributed by atoms with Crippen molar-refractivity contribution in [2.45, 2.75) is 51.2 Å². The van der Waals surface area contributed by atoms with E-state index in [1.54, 1.807) is 10.9 Å². The molecule has 2 unspecified atom stereocenters. The summed E-state index contributed by atoms with van der Waals surface area (Å²) in [7, 11) is 1.85. The number of hydrogen-bond acceptors (Lipinski definition) is 4. The number of hydrogen-bond donors (Lipinski definition) is 0. The van der Waals surface area contributed by atoms with Gasteiger partial charge in [-0.3, -0.25) is 14.3 Å². The fourth-order valence-electron chi connectivity index (χ4n) is 4.31. The van der Waals surface area contributed by atoms with Crippen molar-refractivity contribution >= 4 is 11.8 Å². The van der Waals surface area contributed by atoms with Crippen molar-refractivity contribution in [2.24, 2.45) is 18.9 Å². The molecule has 1 aliphatic carbocycles. The number of aryl methyl sites for hydroxylation is 1. The SMILES string of the molecule is CC[C@@H](C(=O)N1CC(Oc2cnn(C)c2)C1)N1CCC2CC2CCC1=O. The van der Waals surface area contributed by atoms with E-state index < -0.39 is 0 Å². The minimum atomic E-state index is -0.322. The van der Waals surface area contributed by atoms with E-state index in [1.807, 2.05) is 30.0 Å². The largest absolute Gasteiger partial charge is 0.483 e. The van der Waals surface area contributed by atoms with E-state index in [0.29, 0.717) is 25.9 Å². The Morgan fingerprint density at radius 3 is 2.81 bits per heavy atom. The van der Waals surface area contributed by atoms with E-state index in [9.17, 15) is 9.59 Å². The van der Waals surface area contributed by atoms with Gasteiger partial charge in [0, 0.05) is 20.0 Å². The number of nitrogens with zero attached hydrogens (tertiary/aromatic N) is 4. The molecule has 7 nitrogen and oxygen atoms in total. The van der Waals surface area contributed by atoms with Gasteiger partial charge in [-0.25, -0.2) is 0 Å². The molecule has 2 saturated heterocycles. The summed E-state index contributed by atoms with van der Waals surface area (Å²) in [6.45, 7) is 3.89. The van der Waals surface area contributed by atoms with Gasteiger partial charge in [0.2, 0.25) is 11.8 Å². The van der Waals surface area contributed by atoms with Crippen molar-refractivity contribution in [2.75, 3.05) is 19.6 Å². The van der Waals surface area contributed by atoms with Gasteiger partial charge in [0.25, 0.3) is 0 Å². The molecule has 1 aromatic rings. The molecule has 3 atom stereocenters. The van der Waals surface area contributed by atoms with E-state index in [4.69, 9.17) is 4.74 Å². The fraction of sp³-hybridized carbons (Fsp3) is 0.737. The summed E-state index contributed by atoms with van der Waals surface area (Å²) in [6.07, 6.45) is 8.09. The fourth-order valence-corrected chi connectivity index (χ4v) is 4.31. The predicted molar refractivity (Wildman–Crippen MR) is 95.4 cm³/mol.